The van der Waals surface area contributed by atoms with Gasteiger partial charge in [-0.25, -0.2) is 0 Å². The first-order valence-corrected chi connectivity index (χ1v) is 4.46. The average molecular weight is 155 g/mol. The normalized spacial score (nSPS) is 16.5. The first-order chi connectivity index (χ1) is 5.09. The summed E-state index contributed by atoms with van der Waals surface area (Å²) in [7, 11) is 0. The van der Waals surface area contributed by atoms with Crippen LogP contribution in [0, 0.1) is 11.8 Å². The fraction of sp³-hybridized carbons (Fsp3) is 0.800. The van der Waals surface area contributed by atoms with E-state index in [-0.39, 0.29) is 0 Å². The van der Waals surface area contributed by atoms with Crippen molar-refractivity contribution in [3.63, 3.8) is 0 Å². The molecule has 0 aromatic rings. The highest BCUT2D eigenvalue weighted by atomic mass is 14.6. The van der Waals surface area contributed by atoms with Gasteiger partial charge in [0.1, 0.15) is 0 Å². The van der Waals surface area contributed by atoms with Gasteiger partial charge >= 0.3 is 0 Å². The monoisotopic (exact) mass is 155 g/mol. The van der Waals surface area contributed by atoms with Crippen LogP contribution in [0.3, 0.4) is 0 Å². The van der Waals surface area contributed by atoms with Crippen molar-refractivity contribution in [2.45, 2.75) is 39.7 Å². The van der Waals surface area contributed by atoms with Crippen LogP contribution in [-0.2, 0) is 0 Å². The predicted molar refractivity (Wildman–Crippen MR) is 51.4 cm³/mol. The lowest BCUT2D eigenvalue weighted by Gasteiger charge is -2.22. The van der Waals surface area contributed by atoms with Gasteiger partial charge in [-0.1, -0.05) is 26.8 Å². The Balaban J connectivity index is 3.63. The van der Waals surface area contributed by atoms with Crippen LogP contribution in [-0.4, -0.2) is 6.04 Å². The molecule has 1 nitrogen and oxygen atoms in total. The number of allylic oxidation sites excluding steroid dienone is 1. The molecule has 0 heterocycles. The fourth-order valence-corrected chi connectivity index (χ4v) is 1.07. The maximum atomic E-state index is 5.96. The lowest BCUT2D eigenvalue weighted by Crippen LogP contribution is -2.31. The molecule has 0 fully saturated rings. The van der Waals surface area contributed by atoms with Crippen molar-refractivity contribution >= 4 is 0 Å². The summed E-state index contributed by atoms with van der Waals surface area (Å²) in [5.74, 6) is 1.31. The van der Waals surface area contributed by atoms with Gasteiger partial charge in [0, 0.05) is 6.04 Å². The van der Waals surface area contributed by atoms with Gasteiger partial charge in [0.25, 0.3) is 0 Å². The Morgan fingerprint density at radius 1 is 1.36 bits per heavy atom. The Bertz CT molecular complexity index is 107. The zero-order valence-corrected chi connectivity index (χ0v) is 8.01. The summed E-state index contributed by atoms with van der Waals surface area (Å²) < 4.78 is 0. The van der Waals surface area contributed by atoms with Crippen LogP contribution in [0.2, 0.25) is 0 Å². The van der Waals surface area contributed by atoms with Crippen molar-refractivity contribution in [3.05, 3.63) is 12.7 Å². The van der Waals surface area contributed by atoms with E-state index in [0.29, 0.717) is 17.9 Å². The van der Waals surface area contributed by atoms with E-state index in [0.717, 1.165) is 12.8 Å². The summed E-state index contributed by atoms with van der Waals surface area (Å²) in [5, 5.41) is 0. The van der Waals surface area contributed by atoms with E-state index in [1.54, 1.807) is 0 Å². The van der Waals surface area contributed by atoms with Crippen LogP contribution < -0.4 is 5.73 Å². The Morgan fingerprint density at radius 2 is 1.91 bits per heavy atom. The molecule has 0 aromatic heterocycles. The molecule has 0 aliphatic carbocycles. The second-order valence-corrected chi connectivity index (χ2v) is 3.63. The number of rotatable bonds is 5. The third-order valence-corrected chi connectivity index (χ3v) is 2.43. The van der Waals surface area contributed by atoms with Crippen molar-refractivity contribution in [2.24, 2.45) is 17.6 Å². The molecule has 0 aliphatic heterocycles. The molecule has 0 spiro atoms. The third kappa shape index (κ3) is 4.20. The SMILES string of the molecule is C=CCCC(N)C(C)C(C)C. The quantitative estimate of drug-likeness (QED) is 0.607. The van der Waals surface area contributed by atoms with Crippen molar-refractivity contribution in [3.8, 4) is 0 Å². The van der Waals surface area contributed by atoms with Gasteiger partial charge in [0.15, 0.2) is 0 Å². The van der Waals surface area contributed by atoms with Crippen molar-refractivity contribution < 1.29 is 0 Å². The molecule has 66 valence electrons. The highest BCUT2D eigenvalue weighted by Gasteiger charge is 2.14. The standard InChI is InChI=1S/C10H21N/c1-5-6-7-10(11)9(4)8(2)3/h5,8-10H,1,6-7,11H2,2-4H3. The smallest absolute Gasteiger partial charge is 0.00699 e. The minimum Gasteiger partial charge on any atom is -0.327 e. The summed E-state index contributed by atoms with van der Waals surface area (Å²) in [4.78, 5) is 0. The Hall–Kier alpha value is -0.300. The van der Waals surface area contributed by atoms with Gasteiger partial charge in [0.05, 0.1) is 0 Å². The van der Waals surface area contributed by atoms with Crippen molar-refractivity contribution in [2.75, 3.05) is 0 Å². The number of hydrogen-bond acceptors (Lipinski definition) is 1. The van der Waals surface area contributed by atoms with Crippen LogP contribution in [0.5, 0.6) is 0 Å². The zero-order valence-electron chi connectivity index (χ0n) is 8.01. The minimum absolute atomic E-state index is 0.341. The van der Waals surface area contributed by atoms with E-state index in [4.69, 9.17) is 5.73 Å². The molecule has 0 rings (SSSR count). The highest BCUT2D eigenvalue weighted by Crippen LogP contribution is 2.16. The fourth-order valence-electron chi connectivity index (χ4n) is 1.07. The Kier molecular flexibility index (Phi) is 5.22. The predicted octanol–water partition coefficient (Wildman–Crippen LogP) is 2.57. The molecule has 0 aliphatic rings. The number of nitrogens with two attached hydrogens (primary N) is 1. The van der Waals surface area contributed by atoms with Crippen molar-refractivity contribution in [1.29, 1.82) is 0 Å². The molecule has 0 amide bonds. The van der Waals surface area contributed by atoms with Crippen LogP contribution in [0.15, 0.2) is 12.7 Å². The molecule has 2 N–H and O–H groups in total. The van der Waals surface area contributed by atoms with Crippen LogP contribution in [0.1, 0.15) is 33.6 Å². The van der Waals surface area contributed by atoms with Crippen LogP contribution in [0.25, 0.3) is 0 Å². The molecule has 2 unspecified atom stereocenters. The molecule has 0 saturated heterocycles. The van der Waals surface area contributed by atoms with E-state index in [2.05, 4.69) is 27.4 Å². The minimum atomic E-state index is 0.341. The third-order valence-electron chi connectivity index (χ3n) is 2.43. The first kappa shape index (κ1) is 10.7. The van der Waals surface area contributed by atoms with E-state index >= 15 is 0 Å². The summed E-state index contributed by atoms with van der Waals surface area (Å²) in [5.41, 5.74) is 5.96. The lowest BCUT2D eigenvalue weighted by molar-refractivity contribution is 0.334. The van der Waals surface area contributed by atoms with Gasteiger partial charge in [-0.3, -0.25) is 0 Å². The van der Waals surface area contributed by atoms with Crippen molar-refractivity contribution in [1.82, 2.24) is 0 Å². The number of hydrogen-bond donors (Lipinski definition) is 1. The Labute approximate surface area is 70.7 Å². The second kappa shape index (κ2) is 5.36. The second-order valence-electron chi connectivity index (χ2n) is 3.63. The van der Waals surface area contributed by atoms with Gasteiger partial charge in [-0.15, -0.1) is 6.58 Å². The molecule has 2 atom stereocenters. The maximum absolute atomic E-state index is 5.96. The lowest BCUT2D eigenvalue weighted by atomic mass is 9.88. The van der Waals surface area contributed by atoms with E-state index in [9.17, 15) is 0 Å². The molecule has 1 heteroatoms. The van der Waals surface area contributed by atoms with Gasteiger partial charge < -0.3 is 5.73 Å². The topological polar surface area (TPSA) is 26.0 Å². The first-order valence-electron chi connectivity index (χ1n) is 4.46. The van der Waals surface area contributed by atoms with E-state index in [1.165, 1.54) is 0 Å². The maximum Gasteiger partial charge on any atom is 0.00699 e. The van der Waals surface area contributed by atoms with Gasteiger partial charge in [-0.2, -0.15) is 0 Å². The molecule has 0 radical (unpaired) electrons. The summed E-state index contributed by atoms with van der Waals surface area (Å²) in [6, 6.07) is 0.341. The average Bonchev–Trinajstić information content (AvgIpc) is 1.98. The summed E-state index contributed by atoms with van der Waals surface area (Å²) in [6.45, 7) is 10.3. The Morgan fingerprint density at radius 3 is 2.27 bits per heavy atom. The highest BCUT2D eigenvalue weighted by molar-refractivity contribution is 4.76. The molecule has 0 bridgehead atoms. The van der Waals surface area contributed by atoms with Crippen LogP contribution in [0.4, 0.5) is 0 Å². The van der Waals surface area contributed by atoms with Gasteiger partial charge in [0.2, 0.25) is 0 Å². The van der Waals surface area contributed by atoms with Crippen LogP contribution >= 0.6 is 0 Å². The summed E-state index contributed by atoms with van der Waals surface area (Å²) >= 11 is 0. The molecule has 11 heavy (non-hydrogen) atoms. The van der Waals surface area contributed by atoms with E-state index < -0.39 is 0 Å². The van der Waals surface area contributed by atoms with E-state index in [1.807, 2.05) is 6.08 Å². The summed E-state index contributed by atoms with van der Waals surface area (Å²) in [6.07, 6.45) is 4.05. The molecule has 0 aromatic carbocycles. The molecular formula is C10H21N. The largest absolute Gasteiger partial charge is 0.327 e. The zero-order chi connectivity index (χ0) is 8.85. The van der Waals surface area contributed by atoms with Gasteiger partial charge in [-0.05, 0) is 24.7 Å². The molecule has 0 saturated carbocycles. The molecular weight excluding hydrogens is 134 g/mol.